The second-order valence-electron chi connectivity index (χ2n) is 10.1. The van der Waals surface area contributed by atoms with Crippen LogP contribution in [0.1, 0.15) is 68.6 Å². The van der Waals surface area contributed by atoms with Crippen LogP contribution in [0.25, 0.3) is 5.69 Å². The second-order valence-corrected chi connectivity index (χ2v) is 10.5. The molecule has 2 amide bonds. The van der Waals surface area contributed by atoms with E-state index in [1.165, 1.54) is 21.7 Å². The molecule has 6 nitrogen and oxygen atoms in total. The molecule has 0 saturated heterocycles. The average molecular weight is 549 g/mol. The number of carbonyl (C=O) groups excluding carboxylic acids is 2. The molecule has 1 N–H and O–H groups in total. The number of nitrogens with zero attached hydrogens (tertiary/aromatic N) is 3. The molecule has 10 heteroatoms. The largest absolute Gasteiger partial charge is 0.416 e. The number of anilines is 1. The molecule has 3 rings (SSSR count). The van der Waals surface area contributed by atoms with Gasteiger partial charge in [0.25, 0.3) is 5.91 Å². The van der Waals surface area contributed by atoms with E-state index in [1.807, 2.05) is 27.7 Å². The zero-order chi connectivity index (χ0) is 28.1. The fourth-order valence-corrected chi connectivity index (χ4v) is 4.03. The standard InChI is InChI=1S/C28H32ClF3N4O2/c1-5-6-9-15-35(26(38)19-11-10-12-20(16-19)28(30,31)32)18-25(37)33-24-17-23(27(2,3)4)34-36(24)22-14-8-7-13-21(22)29/h7-8,10-14,16-17H,5-6,9,15,18H2,1-4H3,(H,33,37). The van der Waals surface area contributed by atoms with Crippen LogP contribution < -0.4 is 5.32 Å². The Kier molecular flexibility index (Phi) is 9.25. The lowest BCUT2D eigenvalue weighted by Crippen LogP contribution is -2.39. The number of para-hydroxylation sites is 1. The Morgan fingerprint density at radius 2 is 1.74 bits per heavy atom. The molecule has 0 spiro atoms. The number of rotatable bonds is 9. The molecular formula is C28H32ClF3N4O2. The summed E-state index contributed by atoms with van der Waals surface area (Å²) in [5.74, 6) is -0.777. The van der Waals surface area contributed by atoms with Crippen molar-refractivity contribution < 1.29 is 22.8 Å². The van der Waals surface area contributed by atoms with Gasteiger partial charge in [-0.15, -0.1) is 0 Å². The van der Waals surface area contributed by atoms with Crippen molar-refractivity contribution in [1.82, 2.24) is 14.7 Å². The molecule has 204 valence electrons. The molecular weight excluding hydrogens is 517 g/mol. The number of hydrogen-bond donors (Lipinski definition) is 1. The Labute approximate surface area is 225 Å². The summed E-state index contributed by atoms with van der Waals surface area (Å²) < 4.78 is 41.2. The van der Waals surface area contributed by atoms with Crippen LogP contribution in [0.5, 0.6) is 0 Å². The summed E-state index contributed by atoms with van der Waals surface area (Å²) in [5.41, 5.74) is -0.0789. The summed E-state index contributed by atoms with van der Waals surface area (Å²) in [7, 11) is 0. The van der Waals surface area contributed by atoms with Gasteiger partial charge in [-0.3, -0.25) is 9.59 Å². The van der Waals surface area contributed by atoms with Gasteiger partial charge in [0.2, 0.25) is 5.91 Å². The molecule has 0 bridgehead atoms. The number of amides is 2. The lowest BCUT2D eigenvalue weighted by Gasteiger charge is -2.23. The van der Waals surface area contributed by atoms with Crippen molar-refractivity contribution >= 4 is 29.2 Å². The molecule has 0 aliphatic carbocycles. The highest BCUT2D eigenvalue weighted by Crippen LogP contribution is 2.31. The van der Waals surface area contributed by atoms with Crippen LogP contribution >= 0.6 is 11.6 Å². The lowest BCUT2D eigenvalue weighted by molar-refractivity contribution is -0.137. The van der Waals surface area contributed by atoms with Crippen molar-refractivity contribution in [2.75, 3.05) is 18.4 Å². The number of unbranched alkanes of at least 4 members (excludes halogenated alkanes) is 2. The highest BCUT2D eigenvalue weighted by atomic mass is 35.5. The lowest BCUT2D eigenvalue weighted by atomic mass is 9.92. The third-order valence-electron chi connectivity index (χ3n) is 5.92. The van der Waals surface area contributed by atoms with E-state index in [0.29, 0.717) is 28.6 Å². The quantitative estimate of drug-likeness (QED) is 0.290. The fourth-order valence-electron chi connectivity index (χ4n) is 3.82. The van der Waals surface area contributed by atoms with Crippen molar-refractivity contribution in [1.29, 1.82) is 0 Å². The van der Waals surface area contributed by atoms with Crippen LogP contribution in [0.3, 0.4) is 0 Å². The minimum Gasteiger partial charge on any atom is -0.329 e. The Morgan fingerprint density at radius 3 is 2.37 bits per heavy atom. The van der Waals surface area contributed by atoms with E-state index in [-0.39, 0.29) is 24.1 Å². The van der Waals surface area contributed by atoms with Gasteiger partial charge in [0.05, 0.1) is 22.0 Å². The smallest absolute Gasteiger partial charge is 0.329 e. The second kappa shape index (κ2) is 12.0. The zero-order valence-electron chi connectivity index (χ0n) is 21.9. The molecule has 0 unspecified atom stereocenters. The molecule has 2 aromatic carbocycles. The fraction of sp³-hybridized carbons (Fsp3) is 0.393. The number of aromatic nitrogens is 2. The van der Waals surface area contributed by atoms with Gasteiger partial charge >= 0.3 is 6.18 Å². The van der Waals surface area contributed by atoms with Crippen molar-refractivity contribution in [3.8, 4) is 5.69 Å². The van der Waals surface area contributed by atoms with Crippen LogP contribution in [0.15, 0.2) is 54.6 Å². The highest BCUT2D eigenvalue weighted by Gasteiger charge is 2.31. The van der Waals surface area contributed by atoms with Crippen LogP contribution in [-0.2, 0) is 16.4 Å². The van der Waals surface area contributed by atoms with Crippen LogP contribution in [-0.4, -0.2) is 39.6 Å². The van der Waals surface area contributed by atoms with Crippen molar-refractivity contribution in [2.24, 2.45) is 0 Å². The highest BCUT2D eigenvalue weighted by molar-refractivity contribution is 6.32. The zero-order valence-corrected chi connectivity index (χ0v) is 22.7. The maximum absolute atomic E-state index is 13.2. The van der Waals surface area contributed by atoms with E-state index in [1.54, 1.807) is 30.3 Å². The first-order valence-corrected chi connectivity index (χ1v) is 12.8. The topological polar surface area (TPSA) is 67.2 Å². The van der Waals surface area contributed by atoms with Gasteiger partial charge in [-0.1, -0.05) is 70.3 Å². The number of carbonyl (C=O) groups is 2. The van der Waals surface area contributed by atoms with E-state index < -0.39 is 23.6 Å². The average Bonchev–Trinajstić information content (AvgIpc) is 3.27. The van der Waals surface area contributed by atoms with Gasteiger partial charge in [0.15, 0.2) is 0 Å². The summed E-state index contributed by atoms with van der Waals surface area (Å²) in [6.45, 7) is 7.85. The summed E-state index contributed by atoms with van der Waals surface area (Å²) in [5, 5.41) is 7.91. The molecule has 0 aliphatic rings. The Bertz CT molecular complexity index is 1280. The molecule has 1 heterocycles. The summed E-state index contributed by atoms with van der Waals surface area (Å²) in [6.07, 6.45) is -2.28. The van der Waals surface area contributed by atoms with Gasteiger partial charge in [0, 0.05) is 23.6 Å². The number of halogens is 4. The molecule has 0 radical (unpaired) electrons. The van der Waals surface area contributed by atoms with E-state index in [4.69, 9.17) is 11.6 Å². The van der Waals surface area contributed by atoms with Crippen molar-refractivity contribution in [2.45, 2.75) is 58.5 Å². The summed E-state index contributed by atoms with van der Waals surface area (Å²) in [4.78, 5) is 27.7. The Morgan fingerprint density at radius 1 is 1.03 bits per heavy atom. The minimum absolute atomic E-state index is 0.125. The SMILES string of the molecule is CCCCCN(CC(=O)Nc1cc(C(C)(C)C)nn1-c1ccccc1Cl)C(=O)c1cccc(C(F)(F)F)c1. The molecule has 38 heavy (non-hydrogen) atoms. The van der Waals surface area contributed by atoms with Crippen LogP contribution in [0.4, 0.5) is 19.0 Å². The molecule has 0 saturated carbocycles. The van der Waals surface area contributed by atoms with E-state index in [9.17, 15) is 22.8 Å². The molecule has 0 atom stereocenters. The van der Waals surface area contributed by atoms with Gasteiger partial charge in [-0.05, 0) is 36.8 Å². The number of alkyl halides is 3. The normalized spacial score (nSPS) is 11.9. The monoisotopic (exact) mass is 548 g/mol. The Balaban J connectivity index is 1.89. The third kappa shape index (κ3) is 7.37. The van der Waals surface area contributed by atoms with E-state index in [2.05, 4.69) is 10.4 Å². The van der Waals surface area contributed by atoms with Crippen molar-refractivity contribution in [3.63, 3.8) is 0 Å². The third-order valence-corrected chi connectivity index (χ3v) is 6.24. The predicted octanol–water partition coefficient (Wildman–Crippen LogP) is 7.11. The summed E-state index contributed by atoms with van der Waals surface area (Å²) in [6, 6.07) is 13.1. The van der Waals surface area contributed by atoms with Gasteiger partial charge < -0.3 is 10.2 Å². The molecule has 0 aliphatic heterocycles. The molecule has 3 aromatic rings. The molecule has 0 fully saturated rings. The van der Waals surface area contributed by atoms with Gasteiger partial charge in [0.1, 0.15) is 12.4 Å². The summed E-state index contributed by atoms with van der Waals surface area (Å²) >= 11 is 6.39. The first-order chi connectivity index (χ1) is 17.8. The molecule has 1 aromatic heterocycles. The maximum atomic E-state index is 13.2. The number of hydrogen-bond acceptors (Lipinski definition) is 3. The van der Waals surface area contributed by atoms with E-state index in [0.717, 1.165) is 25.0 Å². The Hall–Kier alpha value is -3.33. The number of benzene rings is 2. The van der Waals surface area contributed by atoms with Gasteiger partial charge in [-0.25, -0.2) is 4.68 Å². The minimum atomic E-state index is -4.58. The van der Waals surface area contributed by atoms with Crippen LogP contribution in [0.2, 0.25) is 5.02 Å². The number of nitrogens with one attached hydrogen (secondary N) is 1. The first kappa shape index (κ1) is 29.2. The van der Waals surface area contributed by atoms with E-state index >= 15 is 0 Å². The maximum Gasteiger partial charge on any atom is 0.416 e. The van der Waals surface area contributed by atoms with Crippen molar-refractivity contribution in [3.05, 3.63) is 76.4 Å². The predicted molar refractivity (Wildman–Crippen MR) is 143 cm³/mol. The van der Waals surface area contributed by atoms with Gasteiger partial charge in [-0.2, -0.15) is 18.3 Å². The first-order valence-electron chi connectivity index (χ1n) is 12.4. The van der Waals surface area contributed by atoms with Crippen LogP contribution in [0, 0.1) is 0 Å².